The largest absolute Gasteiger partial charge is 0.629 e. The van der Waals surface area contributed by atoms with Gasteiger partial charge in [0.05, 0.1) is 13.1 Å². The standard InChI is InChI=1S/C7H11N3O2/c1-9(11)6-3-2-4-7(5-6)10(8)12/h2-5,9-10H,8H2,1H3. The van der Waals surface area contributed by atoms with Crippen LogP contribution in [0.5, 0.6) is 0 Å². The van der Waals surface area contributed by atoms with Crippen molar-refractivity contribution in [2.45, 2.75) is 0 Å². The Balaban J connectivity index is 2.96. The average molecular weight is 169 g/mol. The van der Waals surface area contributed by atoms with Crippen molar-refractivity contribution in [1.82, 2.24) is 0 Å². The van der Waals surface area contributed by atoms with E-state index in [0.717, 1.165) is 0 Å². The summed E-state index contributed by atoms with van der Waals surface area (Å²) in [6, 6.07) is 6.35. The second kappa shape index (κ2) is 3.61. The van der Waals surface area contributed by atoms with Crippen molar-refractivity contribution in [3.8, 4) is 0 Å². The van der Waals surface area contributed by atoms with Crippen molar-refractivity contribution in [2.75, 3.05) is 7.05 Å². The molecule has 5 heteroatoms. The van der Waals surface area contributed by atoms with Gasteiger partial charge in [0.25, 0.3) is 0 Å². The third-order valence-corrected chi connectivity index (χ3v) is 1.55. The van der Waals surface area contributed by atoms with Gasteiger partial charge in [0.1, 0.15) is 5.69 Å². The van der Waals surface area contributed by atoms with Crippen molar-refractivity contribution in [3.63, 3.8) is 0 Å². The van der Waals surface area contributed by atoms with Crippen LogP contribution in [0, 0.1) is 10.4 Å². The lowest BCUT2D eigenvalue weighted by Gasteiger charge is -2.18. The lowest BCUT2D eigenvalue weighted by atomic mass is 10.3. The summed E-state index contributed by atoms with van der Waals surface area (Å²) in [4.78, 5) is 0. The normalized spacial score (nSPS) is 15.7. The average Bonchev–Trinajstić information content (AvgIpc) is 2.04. The Bertz CT molecular complexity index is 239. The fourth-order valence-electron chi connectivity index (χ4n) is 0.891. The number of quaternary nitrogens is 2. The molecule has 66 valence electrons. The summed E-state index contributed by atoms with van der Waals surface area (Å²) in [5, 5.41) is 21.0. The van der Waals surface area contributed by atoms with E-state index in [9.17, 15) is 10.4 Å². The summed E-state index contributed by atoms with van der Waals surface area (Å²) >= 11 is 0. The summed E-state index contributed by atoms with van der Waals surface area (Å²) in [5.74, 6) is 5.03. The number of hydrogen-bond acceptors (Lipinski definition) is 3. The highest BCUT2D eigenvalue weighted by Crippen LogP contribution is 2.05. The first-order valence-electron chi connectivity index (χ1n) is 3.52. The second-order valence-electron chi connectivity index (χ2n) is 2.50. The van der Waals surface area contributed by atoms with E-state index in [1.54, 1.807) is 18.2 Å². The van der Waals surface area contributed by atoms with E-state index >= 15 is 0 Å². The minimum absolute atomic E-state index is 0.0712. The van der Waals surface area contributed by atoms with E-state index in [1.165, 1.54) is 13.1 Å². The molecule has 0 spiro atoms. The van der Waals surface area contributed by atoms with Gasteiger partial charge in [-0.1, -0.05) is 6.07 Å². The Kier molecular flexibility index (Phi) is 2.74. The monoisotopic (exact) mass is 169 g/mol. The number of nitrogens with two attached hydrogens (primary N) is 1. The van der Waals surface area contributed by atoms with Crippen molar-refractivity contribution < 1.29 is 10.2 Å². The molecule has 0 radical (unpaired) electrons. The van der Waals surface area contributed by atoms with Crippen LogP contribution in [0.3, 0.4) is 0 Å². The highest BCUT2D eigenvalue weighted by molar-refractivity contribution is 5.41. The zero-order chi connectivity index (χ0) is 9.14. The van der Waals surface area contributed by atoms with Gasteiger partial charge in [-0.2, -0.15) is 5.84 Å². The molecule has 0 bridgehead atoms. The van der Waals surface area contributed by atoms with E-state index in [2.05, 4.69) is 0 Å². The smallest absolute Gasteiger partial charge is 0.156 e. The fraction of sp³-hybridized carbons (Fsp3) is 0.143. The molecule has 12 heavy (non-hydrogen) atoms. The van der Waals surface area contributed by atoms with E-state index in [0.29, 0.717) is 11.4 Å². The Morgan fingerprint density at radius 3 is 2.33 bits per heavy atom. The number of hydroxylamine groups is 1. The van der Waals surface area contributed by atoms with Gasteiger partial charge in [-0.3, -0.25) is 5.17 Å². The summed E-state index contributed by atoms with van der Waals surface area (Å²) in [6.07, 6.45) is 0. The molecule has 2 atom stereocenters. The highest BCUT2D eigenvalue weighted by Gasteiger charge is 2.02. The summed E-state index contributed by atoms with van der Waals surface area (Å²) in [5.41, 5.74) is 0.869. The summed E-state index contributed by atoms with van der Waals surface area (Å²) in [7, 11) is 1.44. The van der Waals surface area contributed by atoms with Crippen molar-refractivity contribution in [1.29, 1.82) is 0 Å². The quantitative estimate of drug-likeness (QED) is 0.361. The molecule has 2 unspecified atom stereocenters. The fourth-order valence-corrected chi connectivity index (χ4v) is 0.891. The number of nitrogen functional groups attached to an aromatic ring is 1. The Labute approximate surface area is 70.1 Å². The van der Waals surface area contributed by atoms with Crippen LogP contribution in [0.15, 0.2) is 24.3 Å². The van der Waals surface area contributed by atoms with Crippen molar-refractivity contribution >= 4 is 11.4 Å². The van der Waals surface area contributed by atoms with Crippen LogP contribution in [-0.4, -0.2) is 7.05 Å². The molecule has 0 saturated heterocycles. The van der Waals surface area contributed by atoms with Crippen LogP contribution in [-0.2, 0) is 0 Å². The third-order valence-electron chi connectivity index (χ3n) is 1.55. The molecule has 5 nitrogen and oxygen atoms in total. The molecule has 0 fully saturated rings. The predicted octanol–water partition coefficient (Wildman–Crippen LogP) is -1.78. The van der Waals surface area contributed by atoms with Crippen LogP contribution < -0.4 is 16.1 Å². The Hall–Kier alpha value is -0.980. The molecule has 0 heterocycles. The van der Waals surface area contributed by atoms with Crippen LogP contribution in [0.4, 0.5) is 11.4 Å². The van der Waals surface area contributed by atoms with E-state index in [4.69, 9.17) is 5.84 Å². The topological polar surface area (TPSA) is 81.0 Å². The van der Waals surface area contributed by atoms with Crippen molar-refractivity contribution in [3.05, 3.63) is 34.7 Å². The van der Waals surface area contributed by atoms with Crippen LogP contribution >= 0.6 is 0 Å². The number of rotatable bonds is 2. The lowest BCUT2D eigenvalue weighted by Crippen LogP contribution is -3.08. The van der Waals surface area contributed by atoms with Gasteiger partial charge < -0.3 is 15.5 Å². The second-order valence-corrected chi connectivity index (χ2v) is 2.50. The minimum Gasteiger partial charge on any atom is -0.629 e. The van der Waals surface area contributed by atoms with Gasteiger partial charge in [0, 0.05) is 6.07 Å². The van der Waals surface area contributed by atoms with Crippen LogP contribution in [0.2, 0.25) is 0 Å². The Morgan fingerprint density at radius 1 is 1.25 bits per heavy atom. The maximum atomic E-state index is 10.9. The molecule has 0 aliphatic carbocycles. The van der Waals surface area contributed by atoms with Gasteiger partial charge in [-0.05, 0) is 6.07 Å². The van der Waals surface area contributed by atoms with Crippen molar-refractivity contribution in [2.24, 2.45) is 5.84 Å². The van der Waals surface area contributed by atoms with Crippen LogP contribution in [0.25, 0.3) is 0 Å². The molecular formula is C7H11N3O2. The van der Waals surface area contributed by atoms with E-state index in [1.807, 2.05) is 0 Å². The first-order chi connectivity index (χ1) is 5.61. The van der Waals surface area contributed by atoms with Gasteiger partial charge in [-0.15, -0.1) is 0 Å². The predicted molar refractivity (Wildman–Crippen MR) is 44.5 cm³/mol. The van der Waals surface area contributed by atoms with Gasteiger partial charge in [0.15, 0.2) is 5.69 Å². The lowest BCUT2D eigenvalue weighted by molar-refractivity contribution is -0.790. The number of nitrogens with one attached hydrogen (secondary N) is 2. The minimum atomic E-state index is -0.516. The molecule has 4 N–H and O–H groups in total. The molecular weight excluding hydrogens is 158 g/mol. The maximum absolute atomic E-state index is 10.9. The molecule has 1 aromatic rings. The zero-order valence-electron chi connectivity index (χ0n) is 6.70. The first-order valence-corrected chi connectivity index (χ1v) is 3.52. The molecule has 1 rings (SSSR count). The number of benzene rings is 1. The third kappa shape index (κ3) is 2.00. The van der Waals surface area contributed by atoms with Gasteiger partial charge >= 0.3 is 0 Å². The zero-order valence-corrected chi connectivity index (χ0v) is 6.70. The van der Waals surface area contributed by atoms with E-state index < -0.39 is 5.17 Å². The van der Waals surface area contributed by atoms with Gasteiger partial charge in [0.2, 0.25) is 0 Å². The molecule has 0 aromatic heterocycles. The molecule has 0 aliphatic heterocycles. The maximum Gasteiger partial charge on any atom is 0.156 e. The van der Waals surface area contributed by atoms with E-state index in [-0.39, 0.29) is 5.06 Å². The SMILES string of the molecule is C[NH+]([O-])c1cccc([NH+](N)[O-])c1. The summed E-state index contributed by atoms with van der Waals surface area (Å²) < 4.78 is 0. The number of hydrogen-bond donors (Lipinski definition) is 3. The molecule has 0 amide bonds. The highest BCUT2D eigenvalue weighted by atomic mass is 16.5. The molecule has 0 saturated carbocycles. The van der Waals surface area contributed by atoms with Crippen LogP contribution in [0.1, 0.15) is 0 Å². The molecule has 0 aliphatic rings. The molecule has 1 aromatic carbocycles. The first kappa shape index (κ1) is 9.11. The Morgan fingerprint density at radius 2 is 1.83 bits per heavy atom. The summed E-state index contributed by atoms with van der Waals surface area (Å²) in [6.45, 7) is 0. The van der Waals surface area contributed by atoms with Gasteiger partial charge in [-0.25, -0.2) is 0 Å².